The maximum Gasteiger partial charge on any atom is 0.131 e. The smallest absolute Gasteiger partial charge is 0.131 e. The summed E-state index contributed by atoms with van der Waals surface area (Å²) in [7, 11) is 0. The quantitative estimate of drug-likeness (QED) is 0.577. The molecule has 0 aliphatic carbocycles. The van der Waals surface area contributed by atoms with Gasteiger partial charge in [-0.15, -0.1) is 0 Å². The summed E-state index contributed by atoms with van der Waals surface area (Å²) in [5.41, 5.74) is 1.67. The van der Waals surface area contributed by atoms with Crippen molar-refractivity contribution in [2.75, 3.05) is 12.0 Å². The third-order valence-corrected chi connectivity index (χ3v) is 1.79. The van der Waals surface area contributed by atoms with Crippen LogP contribution in [0, 0.1) is 11.3 Å². The maximum atomic E-state index is 8.61. The lowest BCUT2D eigenvalue weighted by molar-refractivity contribution is 0.702. The molecule has 2 N–H and O–H groups in total. The van der Waals surface area contributed by atoms with Crippen molar-refractivity contribution in [2.24, 2.45) is 0 Å². The van der Waals surface area contributed by atoms with E-state index in [9.17, 15) is 0 Å². The van der Waals surface area contributed by atoms with Crippen LogP contribution in [0.15, 0.2) is 12.3 Å². The van der Waals surface area contributed by atoms with Gasteiger partial charge in [0.15, 0.2) is 0 Å². The van der Waals surface area contributed by atoms with Gasteiger partial charge in [-0.1, -0.05) is 0 Å². The first-order valence-electron chi connectivity index (χ1n) is 3.74. The Morgan fingerprint density at radius 1 is 1.58 bits per heavy atom. The Hall–Kier alpha value is -1.60. The van der Waals surface area contributed by atoms with Crippen molar-refractivity contribution in [3.05, 3.63) is 23.4 Å². The summed E-state index contributed by atoms with van der Waals surface area (Å²) in [5, 5.41) is 14.8. The molecule has 0 amide bonds. The van der Waals surface area contributed by atoms with Gasteiger partial charge in [0, 0.05) is 18.3 Å². The SMILES string of the molecule is N#Cc1cnc2c(c1)CNCN2. The molecule has 0 fully saturated rings. The van der Waals surface area contributed by atoms with Crippen LogP contribution in [-0.2, 0) is 6.54 Å². The fourth-order valence-corrected chi connectivity index (χ4v) is 1.21. The first-order valence-corrected chi connectivity index (χ1v) is 3.74. The maximum absolute atomic E-state index is 8.61. The molecule has 0 bridgehead atoms. The predicted molar refractivity (Wildman–Crippen MR) is 44.3 cm³/mol. The molecule has 0 saturated carbocycles. The van der Waals surface area contributed by atoms with Crippen LogP contribution in [-0.4, -0.2) is 11.7 Å². The largest absolute Gasteiger partial charge is 0.357 e. The topological polar surface area (TPSA) is 60.7 Å². The molecule has 2 rings (SSSR count). The standard InChI is InChI=1S/C8H8N4/c9-2-6-1-7-4-10-5-12-8(7)11-3-6/h1,3,10H,4-5H2,(H,11,12). The molecule has 4 heteroatoms. The van der Waals surface area contributed by atoms with Gasteiger partial charge in [0.25, 0.3) is 0 Å². The number of nitriles is 1. The minimum absolute atomic E-state index is 0.610. The monoisotopic (exact) mass is 160 g/mol. The van der Waals surface area contributed by atoms with Gasteiger partial charge in [0.1, 0.15) is 11.9 Å². The highest BCUT2D eigenvalue weighted by atomic mass is 15.1. The highest BCUT2D eigenvalue weighted by Crippen LogP contribution is 2.15. The molecule has 60 valence electrons. The average Bonchev–Trinajstić information content (AvgIpc) is 2.17. The van der Waals surface area contributed by atoms with Crippen molar-refractivity contribution in [3.8, 4) is 6.07 Å². The van der Waals surface area contributed by atoms with Gasteiger partial charge in [-0.25, -0.2) is 4.98 Å². The van der Waals surface area contributed by atoms with Crippen molar-refractivity contribution < 1.29 is 0 Å². The fourth-order valence-electron chi connectivity index (χ4n) is 1.21. The summed E-state index contributed by atoms with van der Waals surface area (Å²) < 4.78 is 0. The summed E-state index contributed by atoms with van der Waals surface area (Å²) in [6.07, 6.45) is 1.58. The second-order valence-corrected chi connectivity index (χ2v) is 2.62. The number of nitrogens with zero attached hydrogens (tertiary/aromatic N) is 2. The minimum Gasteiger partial charge on any atom is -0.357 e. The minimum atomic E-state index is 0.610. The summed E-state index contributed by atoms with van der Waals surface area (Å²) >= 11 is 0. The van der Waals surface area contributed by atoms with Crippen LogP contribution < -0.4 is 10.6 Å². The normalized spacial score (nSPS) is 14.2. The van der Waals surface area contributed by atoms with E-state index >= 15 is 0 Å². The van der Waals surface area contributed by atoms with E-state index in [2.05, 4.69) is 21.7 Å². The first-order chi connectivity index (χ1) is 5.90. The van der Waals surface area contributed by atoms with Crippen LogP contribution in [0.3, 0.4) is 0 Å². The van der Waals surface area contributed by atoms with E-state index in [0.717, 1.165) is 24.6 Å². The van der Waals surface area contributed by atoms with Gasteiger partial charge in [0.05, 0.1) is 12.2 Å². The van der Waals surface area contributed by atoms with E-state index in [-0.39, 0.29) is 0 Å². The van der Waals surface area contributed by atoms with E-state index in [1.165, 1.54) is 0 Å². The van der Waals surface area contributed by atoms with E-state index in [0.29, 0.717) is 5.56 Å². The van der Waals surface area contributed by atoms with Gasteiger partial charge in [-0.3, -0.25) is 5.32 Å². The summed E-state index contributed by atoms with van der Waals surface area (Å²) in [4.78, 5) is 4.12. The zero-order valence-corrected chi connectivity index (χ0v) is 6.46. The molecule has 0 unspecified atom stereocenters. The molecule has 0 spiro atoms. The molecule has 1 aliphatic heterocycles. The number of hydrogen-bond donors (Lipinski definition) is 2. The highest BCUT2D eigenvalue weighted by molar-refractivity contribution is 5.48. The third-order valence-electron chi connectivity index (χ3n) is 1.79. The number of rotatable bonds is 0. The highest BCUT2D eigenvalue weighted by Gasteiger charge is 2.08. The predicted octanol–water partition coefficient (Wildman–Crippen LogP) is 0.426. The molecular weight excluding hydrogens is 152 g/mol. The van der Waals surface area contributed by atoms with Crippen LogP contribution >= 0.6 is 0 Å². The second-order valence-electron chi connectivity index (χ2n) is 2.62. The summed E-state index contributed by atoms with van der Waals surface area (Å²) in [6, 6.07) is 3.91. The number of pyridine rings is 1. The van der Waals surface area contributed by atoms with E-state index in [4.69, 9.17) is 5.26 Å². The van der Waals surface area contributed by atoms with Crippen molar-refractivity contribution in [1.82, 2.24) is 10.3 Å². The Kier molecular flexibility index (Phi) is 1.65. The molecule has 2 heterocycles. The van der Waals surface area contributed by atoms with Crippen LogP contribution in [0.1, 0.15) is 11.1 Å². The van der Waals surface area contributed by atoms with Crippen molar-refractivity contribution in [2.45, 2.75) is 6.54 Å². The van der Waals surface area contributed by atoms with Crippen LogP contribution in [0.5, 0.6) is 0 Å². The Morgan fingerprint density at radius 3 is 3.33 bits per heavy atom. The lowest BCUT2D eigenvalue weighted by Crippen LogP contribution is -2.28. The fraction of sp³-hybridized carbons (Fsp3) is 0.250. The van der Waals surface area contributed by atoms with Gasteiger partial charge in [-0.2, -0.15) is 5.26 Å². The van der Waals surface area contributed by atoms with Gasteiger partial charge < -0.3 is 5.32 Å². The van der Waals surface area contributed by atoms with Crippen LogP contribution in [0.4, 0.5) is 5.82 Å². The van der Waals surface area contributed by atoms with E-state index < -0.39 is 0 Å². The van der Waals surface area contributed by atoms with Gasteiger partial charge >= 0.3 is 0 Å². The van der Waals surface area contributed by atoms with Gasteiger partial charge in [0.2, 0.25) is 0 Å². The zero-order chi connectivity index (χ0) is 8.39. The Morgan fingerprint density at radius 2 is 2.50 bits per heavy atom. The van der Waals surface area contributed by atoms with E-state index in [1.54, 1.807) is 6.20 Å². The summed E-state index contributed by atoms with van der Waals surface area (Å²) in [6.45, 7) is 1.52. The lowest BCUT2D eigenvalue weighted by Gasteiger charge is -2.17. The Balaban J connectivity index is 2.44. The number of aromatic nitrogens is 1. The molecule has 12 heavy (non-hydrogen) atoms. The van der Waals surface area contributed by atoms with Crippen molar-refractivity contribution in [3.63, 3.8) is 0 Å². The van der Waals surface area contributed by atoms with E-state index in [1.807, 2.05) is 6.07 Å². The second kappa shape index (κ2) is 2.80. The molecule has 4 nitrogen and oxygen atoms in total. The van der Waals surface area contributed by atoms with Gasteiger partial charge in [-0.05, 0) is 6.07 Å². The number of hydrogen-bond acceptors (Lipinski definition) is 4. The Bertz CT molecular complexity index is 339. The third kappa shape index (κ3) is 1.11. The lowest BCUT2D eigenvalue weighted by atomic mass is 10.2. The number of nitrogens with one attached hydrogen (secondary N) is 2. The van der Waals surface area contributed by atoms with Crippen LogP contribution in [0.25, 0.3) is 0 Å². The molecular formula is C8H8N4. The van der Waals surface area contributed by atoms with Crippen LogP contribution in [0.2, 0.25) is 0 Å². The number of anilines is 1. The Labute approximate surface area is 70.2 Å². The zero-order valence-electron chi connectivity index (χ0n) is 6.46. The molecule has 1 aliphatic rings. The molecule has 0 radical (unpaired) electrons. The summed E-state index contributed by atoms with van der Waals surface area (Å²) in [5.74, 6) is 0.882. The average molecular weight is 160 g/mol. The first kappa shape index (κ1) is 7.07. The molecule has 0 aromatic carbocycles. The van der Waals surface area contributed by atoms with Crippen molar-refractivity contribution in [1.29, 1.82) is 5.26 Å². The number of fused-ring (bicyclic) bond motifs is 1. The molecule has 1 aromatic heterocycles. The van der Waals surface area contributed by atoms with Crippen molar-refractivity contribution >= 4 is 5.82 Å². The molecule has 0 atom stereocenters. The molecule has 1 aromatic rings. The molecule has 0 saturated heterocycles.